The summed E-state index contributed by atoms with van der Waals surface area (Å²) in [7, 11) is 1.54. The van der Waals surface area contributed by atoms with E-state index >= 15 is 0 Å². The third-order valence-electron chi connectivity index (χ3n) is 2.24. The lowest BCUT2D eigenvalue weighted by molar-refractivity contribution is -0.138. The number of rotatable bonds is 8. The molecule has 0 amide bonds. The lowest BCUT2D eigenvalue weighted by Crippen LogP contribution is -2.37. The molecule has 0 bridgehead atoms. The molecule has 0 N–H and O–H groups in total. The van der Waals surface area contributed by atoms with Gasteiger partial charge in [-0.05, 0) is 20.3 Å². The van der Waals surface area contributed by atoms with Crippen molar-refractivity contribution >= 4 is 12.1 Å². The Kier molecular flexibility index (Phi) is 6.32. The normalized spacial score (nSPS) is 14.8. The first kappa shape index (κ1) is 13.3. The Bertz CT molecular complexity index is 181. The third kappa shape index (κ3) is 3.55. The molecule has 4 nitrogen and oxygen atoms in total. The zero-order valence-electron chi connectivity index (χ0n) is 9.04. The second kappa shape index (κ2) is 6.68. The summed E-state index contributed by atoms with van der Waals surface area (Å²) < 4.78 is 10.0. The maximum atomic E-state index is 11.3. The molecule has 4 heteroatoms. The van der Waals surface area contributed by atoms with Gasteiger partial charge in [0.2, 0.25) is 0 Å². The van der Waals surface area contributed by atoms with Crippen molar-refractivity contribution in [3.63, 3.8) is 0 Å². The zero-order chi connectivity index (χ0) is 11.0. The Morgan fingerprint density at radius 3 is 2.50 bits per heavy atom. The molecule has 0 spiro atoms. The highest BCUT2D eigenvalue weighted by atomic mass is 16.5. The van der Waals surface area contributed by atoms with Crippen LogP contribution in [0, 0.1) is 5.41 Å². The Labute approximate surface area is 84.6 Å². The topological polar surface area (TPSA) is 52.6 Å². The van der Waals surface area contributed by atoms with E-state index in [1.807, 2.05) is 6.92 Å². The summed E-state index contributed by atoms with van der Waals surface area (Å²) in [5.41, 5.74) is -1.02. The molecule has 0 aromatic carbocycles. The van der Waals surface area contributed by atoms with Crippen LogP contribution in [0.4, 0.5) is 0 Å². The first-order valence-corrected chi connectivity index (χ1v) is 4.67. The number of aldehydes is 1. The maximum Gasteiger partial charge on any atom is 0.145 e. The second-order valence-electron chi connectivity index (χ2n) is 3.21. The summed E-state index contributed by atoms with van der Waals surface area (Å²) in [6, 6.07) is 0. The molecule has 1 atom stereocenters. The molecule has 0 aliphatic rings. The molecule has 0 aliphatic carbocycles. The number of hydrogen-bond acceptors (Lipinski definition) is 4. The van der Waals surface area contributed by atoms with Crippen LogP contribution >= 0.6 is 0 Å². The van der Waals surface area contributed by atoms with Crippen LogP contribution in [0.3, 0.4) is 0 Å². The van der Waals surface area contributed by atoms with Gasteiger partial charge in [-0.1, -0.05) is 0 Å². The SMILES string of the molecule is CCOCC(C=O)(CCOC)C(C)=O. The van der Waals surface area contributed by atoms with Gasteiger partial charge in [-0.25, -0.2) is 0 Å². The summed E-state index contributed by atoms with van der Waals surface area (Å²) in [6.07, 6.45) is 1.05. The lowest BCUT2D eigenvalue weighted by Gasteiger charge is -2.24. The van der Waals surface area contributed by atoms with Crippen LogP contribution in [-0.4, -0.2) is 39.0 Å². The number of carbonyl (C=O) groups is 2. The van der Waals surface area contributed by atoms with E-state index in [1.54, 1.807) is 0 Å². The fourth-order valence-corrected chi connectivity index (χ4v) is 1.09. The number of methoxy groups -OCH3 is 1. The standard InChI is InChI=1S/C10H18O4/c1-4-14-8-10(7-11,9(2)12)5-6-13-3/h7H,4-6,8H2,1-3H3. The van der Waals surface area contributed by atoms with E-state index in [2.05, 4.69) is 0 Å². The molecule has 0 saturated carbocycles. The molecule has 0 saturated heterocycles. The van der Waals surface area contributed by atoms with Crippen LogP contribution in [0.1, 0.15) is 20.3 Å². The van der Waals surface area contributed by atoms with Crippen molar-refractivity contribution in [1.29, 1.82) is 0 Å². The maximum absolute atomic E-state index is 11.3. The summed E-state index contributed by atoms with van der Waals surface area (Å²) in [5, 5.41) is 0. The molecule has 0 aromatic rings. The average molecular weight is 202 g/mol. The van der Waals surface area contributed by atoms with Crippen LogP contribution < -0.4 is 0 Å². The highest BCUT2D eigenvalue weighted by molar-refractivity contribution is 5.96. The molecule has 0 rings (SSSR count). The minimum absolute atomic E-state index is 0.145. The summed E-state index contributed by atoms with van der Waals surface area (Å²) in [5.74, 6) is -0.169. The van der Waals surface area contributed by atoms with Crippen molar-refractivity contribution in [2.45, 2.75) is 20.3 Å². The van der Waals surface area contributed by atoms with Crippen LogP contribution in [0.2, 0.25) is 0 Å². The highest BCUT2D eigenvalue weighted by Crippen LogP contribution is 2.21. The molecular formula is C10H18O4. The molecule has 1 unspecified atom stereocenters. The monoisotopic (exact) mass is 202 g/mol. The Morgan fingerprint density at radius 2 is 2.14 bits per heavy atom. The van der Waals surface area contributed by atoms with Crippen LogP contribution in [0.25, 0.3) is 0 Å². The van der Waals surface area contributed by atoms with Crippen LogP contribution in [0.15, 0.2) is 0 Å². The summed E-state index contributed by atoms with van der Waals surface area (Å²) in [6.45, 7) is 4.25. The van der Waals surface area contributed by atoms with E-state index in [0.717, 1.165) is 0 Å². The Morgan fingerprint density at radius 1 is 1.50 bits per heavy atom. The summed E-state index contributed by atoms with van der Waals surface area (Å²) in [4.78, 5) is 22.3. The van der Waals surface area contributed by atoms with Gasteiger partial charge in [-0.3, -0.25) is 4.79 Å². The predicted octanol–water partition coefficient (Wildman–Crippen LogP) is 0.834. The number of Topliss-reactive ketones (excluding diaryl/α,β-unsaturated/α-hetero) is 1. The summed E-state index contributed by atoms with van der Waals surface area (Å²) >= 11 is 0. The number of carbonyl (C=O) groups excluding carboxylic acids is 2. The molecule has 0 radical (unpaired) electrons. The van der Waals surface area contributed by atoms with Gasteiger partial charge in [0, 0.05) is 20.3 Å². The first-order chi connectivity index (χ1) is 6.63. The van der Waals surface area contributed by atoms with Crippen molar-refractivity contribution in [2.24, 2.45) is 5.41 Å². The number of ether oxygens (including phenoxy) is 2. The largest absolute Gasteiger partial charge is 0.385 e. The lowest BCUT2D eigenvalue weighted by atomic mass is 9.83. The van der Waals surface area contributed by atoms with Crippen molar-refractivity contribution in [2.75, 3.05) is 26.9 Å². The minimum atomic E-state index is -1.02. The smallest absolute Gasteiger partial charge is 0.145 e. The van der Waals surface area contributed by atoms with Gasteiger partial charge in [0.1, 0.15) is 17.5 Å². The van der Waals surface area contributed by atoms with Crippen molar-refractivity contribution in [1.82, 2.24) is 0 Å². The van der Waals surface area contributed by atoms with E-state index in [0.29, 0.717) is 25.9 Å². The fraction of sp³-hybridized carbons (Fsp3) is 0.800. The van der Waals surface area contributed by atoms with E-state index in [4.69, 9.17) is 9.47 Å². The van der Waals surface area contributed by atoms with Gasteiger partial charge < -0.3 is 14.3 Å². The van der Waals surface area contributed by atoms with Crippen LogP contribution in [0.5, 0.6) is 0 Å². The first-order valence-electron chi connectivity index (χ1n) is 4.67. The molecule has 0 aromatic heterocycles. The zero-order valence-corrected chi connectivity index (χ0v) is 9.04. The Balaban J connectivity index is 4.43. The van der Waals surface area contributed by atoms with Gasteiger partial charge in [-0.2, -0.15) is 0 Å². The molecular weight excluding hydrogens is 184 g/mol. The van der Waals surface area contributed by atoms with Crippen LogP contribution in [-0.2, 0) is 19.1 Å². The van der Waals surface area contributed by atoms with Gasteiger partial charge in [0.25, 0.3) is 0 Å². The molecule has 0 heterocycles. The fourth-order valence-electron chi connectivity index (χ4n) is 1.09. The highest BCUT2D eigenvalue weighted by Gasteiger charge is 2.35. The van der Waals surface area contributed by atoms with Gasteiger partial charge in [-0.15, -0.1) is 0 Å². The van der Waals surface area contributed by atoms with E-state index in [-0.39, 0.29) is 12.4 Å². The van der Waals surface area contributed by atoms with Crippen molar-refractivity contribution < 1.29 is 19.1 Å². The third-order valence-corrected chi connectivity index (χ3v) is 2.24. The quantitative estimate of drug-likeness (QED) is 0.432. The van der Waals surface area contributed by atoms with E-state index in [1.165, 1.54) is 14.0 Å². The molecule has 14 heavy (non-hydrogen) atoms. The van der Waals surface area contributed by atoms with E-state index < -0.39 is 5.41 Å². The van der Waals surface area contributed by atoms with Crippen molar-refractivity contribution in [3.8, 4) is 0 Å². The van der Waals surface area contributed by atoms with Gasteiger partial charge in [0.15, 0.2) is 0 Å². The number of ketones is 1. The molecule has 0 aliphatic heterocycles. The minimum Gasteiger partial charge on any atom is -0.385 e. The van der Waals surface area contributed by atoms with Gasteiger partial charge >= 0.3 is 0 Å². The van der Waals surface area contributed by atoms with E-state index in [9.17, 15) is 9.59 Å². The number of hydrogen-bond donors (Lipinski definition) is 0. The average Bonchev–Trinajstić information content (AvgIpc) is 2.18. The second-order valence-corrected chi connectivity index (χ2v) is 3.21. The predicted molar refractivity (Wildman–Crippen MR) is 52.2 cm³/mol. The molecule has 0 fully saturated rings. The molecule has 82 valence electrons. The Hall–Kier alpha value is -0.740. The van der Waals surface area contributed by atoms with Crippen molar-refractivity contribution in [3.05, 3.63) is 0 Å². The van der Waals surface area contributed by atoms with Gasteiger partial charge in [0.05, 0.1) is 6.61 Å².